The Balaban J connectivity index is 2.60. The van der Waals surface area contributed by atoms with Gasteiger partial charge in [0.2, 0.25) is 0 Å². The molecule has 1 rings (SSSR count). The van der Waals surface area contributed by atoms with Crippen LogP contribution in [0.1, 0.15) is 18.9 Å². The van der Waals surface area contributed by atoms with Crippen molar-refractivity contribution in [3.8, 4) is 0 Å². The van der Waals surface area contributed by atoms with Crippen molar-refractivity contribution in [2.24, 2.45) is 0 Å². The number of allylic oxidation sites excluding steroid dienone is 1. The smallest absolute Gasteiger partial charge is 0.185 e. The highest BCUT2D eigenvalue weighted by atomic mass is 35.5. The molecular weight excluding hydrogens is 277 g/mol. The van der Waals surface area contributed by atoms with E-state index in [1.807, 2.05) is 18.2 Å². The van der Waals surface area contributed by atoms with Crippen molar-refractivity contribution >= 4 is 51.8 Å². The molecule has 0 aliphatic carbocycles. The first-order valence-electron chi connectivity index (χ1n) is 5.05. The van der Waals surface area contributed by atoms with E-state index < -0.39 is 0 Å². The van der Waals surface area contributed by atoms with Gasteiger partial charge in [0, 0.05) is 12.7 Å². The van der Waals surface area contributed by atoms with Gasteiger partial charge in [0.1, 0.15) is 0 Å². The molecule has 0 bridgehead atoms. The highest BCUT2D eigenvalue weighted by molar-refractivity contribution is 8.13. The molecule has 0 saturated heterocycles. The second kappa shape index (κ2) is 6.94. The Morgan fingerprint density at radius 2 is 2.12 bits per heavy atom. The minimum Gasteiger partial charge on any atom is -0.397 e. The third kappa shape index (κ3) is 4.62. The number of halogens is 2. The minimum atomic E-state index is 0.131. The van der Waals surface area contributed by atoms with Crippen molar-refractivity contribution < 1.29 is 4.79 Å². The third-order valence-electron chi connectivity index (χ3n) is 2.03. The summed E-state index contributed by atoms with van der Waals surface area (Å²) in [6, 6.07) is 3.54. The van der Waals surface area contributed by atoms with E-state index in [-0.39, 0.29) is 5.12 Å². The van der Waals surface area contributed by atoms with Crippen LogP contribution in [0.2, 0.25) is 10.0 Å². The van der Waals surface area contributed by atoms with Crippen LogP contribution in [0.3, 0.4) is 0 Å². The minimum absolute atomic E-state index is 0.131. The first-order chi connectivity index (χ1) is 8.02. The molecule has 0 saturated carbocycles. The number of hydrogen-bond donors (Lipinski definition) is 1. The lowest BCUT2D eigenvalue weighted by molar-refractivity contribution is -0.109. The summed E-state index contributed by atoms with van der Waals surface area (Å²) in [5.41, 5.74) is 6.92. The number of rotatable bonds is 4. The second-order valence-corrected chi connectivity index (χ2v) is 5.43. The Bertz CT molecular complexity index is 446. The number of carbonyl (C=O) groups excluding carboxylic acids is 1. The molecule has 2 nitrogen and oxygen atoms in total. The van der Waals surface area contributed by atoms with E-state index in [2.05, 4.69) is 0 Å². The number of thioether (sulfide) groups is 1. The Hall–Kier alpha value is -0.640. The van der Waals surface area contributed by atoms with Gasteiger partial charge in [-0.25, -0.2) is 0 Å². The van der Waals surface area contributed by atoms with Crippen LogP contribution in [0.5, 0.6) is 0 Å². The molecule has 92 valence electrons. The molecule has 0 radical (unpaired) electrons. The van der Waals surface area contributed by atoms with Crippen molar-refractivity contribution in [1.82, 2.24) is 0 Å². The van der Waals surface area contributed by atoms with Crippen LogP contribution in [-0.2, 0) is 4.79 Å². The molecule has 0 fully saturated rings. The molecule has 0 aliphatic rings. The summed E-state index contributed by atoms with van der Waals surface area (Å²) in [7, 11) is 0. The topological polar surface area (TPSA) is 43.1 Å². The van der Waals surface area contributed by atoms with E-state index in [1.165, 1.54) is 11.8 Å². The highest BCUT2D eigenvalue weighted by Gasteiger charge is 2.05. The summed E-state index contributed by atoms with van der Waals surface area (Å²) >= 11 is 13.3. The van der Waals surface area contributed by atoms with Crippen LogP contribution in [0, 0.1) is 0 Å². The maximum absolute atomic E-state index is 10.7. The quantitative estimate of drug-likeness (QED) is 0.665. The molecule has 0 atom stereocenters. The van der Waals surface area contributed by atoms with Gasteiger partial charge in [0.05, 0.1) is 15.7 Å². The van der Waals surface area contributed by atoms with Crippen LogP contribution >= 0.6 is 35.0 Å². The lowest BCUT2D eigenvalue weighted by Crippen LogP contribution is -1.88. The molecule has 2 N–H and O–H groups in total. The largest absolute Gasteiger partial charge is 0.397 e. The average molecular weight is 290 g/mol. The van der Waals surface area contributed by atoms with Crippen molar-refractivity contribution in [3.63, 3.8) is 0 Å². The Kier molecular flexibility index (Phi) is 5.89. The van der Waals surface area contributed by atoms with Gasteiger partial charge in [-0.3, -0.25) is 4.79 Å². The Labute approximate surface area is 115 Å². The first kappa shape index (κ1) is 14.4. The molecular formula is C12H13Cl2NOS. The van der Waals surface area contributed by atoms with E-state index in [9.17, 15) is 4.79 Å². The fourth-order valence-corrected chi connectivity index (χ4v) is 2.14. The normalized spacial score (nSPS) is 11.0. The lowest BCUT2D eigenvalue weighted by atomic mass is 10.2. The molecule has 0 amide bonds. The predicted octanol–water partition coefficient (Wildman–Crippen LogP) is 4.26. The number of anilines is 1. The fraction of sp³-hybridized carbons (Fsp3) is 0.250. The summed E-state index contributed by atoms with van der Waals surface area (Å²) in [5.74, 6) is 0.770. The van der Waals surface area contributed by atoms with Crippen molar-refractivity contribution in [2.75, 3.05) is 11.5 Å². The van der Waals surface area contributed by atoms with E-state index >= 15 is 0 Å². The van der Waals surface area contributed by atoms with Crippen LogP contribution in [0.4, 0.5) is 5.69 Å². The Morgan fingerprint density at radius 3 is 2.76 bits per heavy atom. The lowest BCUT2D eigenvalue weighted by Gasteiger charge is -2.03. The Morgan fingerprint density at radius 1 is 1.41 bits per heavy atom. The van der Waals surface area contributed by atoms with Crippen molar-refractivity contribution in [2.45, 2.75) is 13.3 Å². The summed E-state index contributed by atoms with van der Waals surface area (Å²) in [5, 5.41) is 0.973. The van der Waals surface area contributed by atoms with Gasteiger partial charge in [-0.05, 0) is 18.1 Å². The molecule has 0 heterocycles. The summed E-state index contributed by atoms with van der Waals surface area (Å²) < 4.78 is 0. The molecule has 0 aliphatic heterocycles. The SMILES string of the molecule is CC(=O)SCCC=Cc1ccc(N)c(Cl)c1Cl. The number of benzene rings is 1. The number of nitrogen functional groups attached to an aromatic ring is 1. The maximum Gasteiger partial charge on any atom is 0.185 e. The number of nitrogens with two attached hydrogens (primary N) is 1. The highest BCUT2D eigenvalue weighted by Crippen LogP contribution is 2.31. The zero-order valence-corrected chi connectivity index (χ0v) is 11.7. The number of hydrogen-bond acceptors (Lipinski definition) is 3. The van der Waals surface area contributed by atoms with Gasteiger partial charge in [0.15, 0.2) is 5.12 Å². The van der Waals surface area contributed by atoms with Gasteiger partial charge in [-0.1, -0.05) is 53.2 Å². The van der Waals surface area contributed by atoms with Crippen LogP contribution < -0.4 is 5.73 Å². The fourth-order valence-electron chi connectivity index (χ4n) is 1.19. The summed E-state index contributed by atoms with van der Waals surface area (Å²) in [4.78, 5) is 10.7. The molecule has 5 heteroatoms. The summed E-state index contributed by atoms with van der Waals surface area (Å²) in [6.45, 7) is 1.56. The molecule has 0 aromatic heterocycles. The molecule has 1 aromatic carbocycles. The van der Waals surface area contributed by atoms with E-state index in [1.54, 1.807) is 13.0 Å². The predicted molar refractivity (Wildman–Crippen MR) is 77.7 cm³/mol. The van der Waals surface area contributed by atoms with Crippen molar-refractivity contribution in [3.05, 3.63) is 33.8 Å². The van der Waals surface area contributed by atoms with Gasteiger partial charge < -0.3 is 5.73 Å². The third-order valence-corrected chi connectivity index (χ3v) is 3.79. The molecule has 17 heavy (non-hydrogen) atoms. The van der Waals surface area contributed by atoms with Gasteiger partial charge in [0.25, 0.3) is 0 Å². The molecule has 0 unspecified atom stereocenters. The second-order valence-electron chi connectivity index (χ2n) is 3.40. The molecule has 1 aromatic rings. The maximum atomic E-state index is 10.7. The van der Waals surface area contributed by atoms with Gasteiger partial charge >= 0.3 is 0 Å². The van der Waals surface area contributed by atoms with Crippen LogP contribution in [0.25, 0.3) is 6.08 Å². The van der Waals surface area contributed by atoms with E-state index in [0.29, 0.717) is 15.7 Å². The van der Waals surface area contributed by atoms with Gasteiger partial charge in [-0.2, -0.15) is 0 Å². The zero-order valence-electron chi connectivity index (χ0n) is 9.37. The zero-order chi connectivity index (χ0) is 12.8. The van der Waals surface area contributed by atoms with Crippen LogP contribution in [0.15, 0.2) is 18.2 Å². The van der Waals surface area contributed by atoms with E-state index in [4.69, 9.17) is 28.9 Å². The van der Waals surface area contributed by atoms with Crippen LogP contribution in [-0.4, -0.2) is 10.9 Å². The average Bonchev–Trinajstić information content (AvgIpc) is 2.28. The number of carbonyl (C=O) groups is 1. The summed E-state index contributed by atoms with van der Waals surface area (Å²) in [6.07, 6.45) is 4.65. The van der Waals surface area contributed by atoms with Gasteiger partial charge in [-0.15, -0.1) is 0 Å². The standard InChI is InChI=1S/C12H13Cl2NOS/c1-8(16)17-7-3-2-4-9-5-6-10(15)12(14)11(9)13/h2,4-6H,3,7,15H2,1H3. The monoisotopic (exact) mass is 289 g/mol. The van der Waals surface area contributed by atoms with Crippen molar-refractivity contribution in [1.29, 1.82) is 0 Å². The molecule has 0 spiro atoms. The first-order valence-corrected chi connectivity index (χ1v) is 6.80. The van der Waals surface area contributed by atoms with E-state index in [0.717, 1.165) is 17.7 Å².